The summed E-state index contributed by atoms with van der Waals surface area (Å²) in [5.41, 5.74) is 0.883. The fourth-order valence-corrected chi connectivity index (χ4v) is 2.56. The number of hydrogen-bond acceptors (Lipinski definition) is 4. The van der Waals surface area contributed by atoms with E-state index in [4.69, 9.17) is 9.47 Å². The van der Waals surface area contributed by atoms with Gasteiger partial charge >= 0.3 is 0 Å². The molecule has 1 heterocycles. The van der Waals surface area contributed by atoms with Crippen molar-refractivity contribution in [2.75, 3.05) is 26.3 Å². The van der Waals surface area contributed by atoms with Gasteiger partial charge in [0.25, 0.3) is 0 Å². The van der Waals surface area contributed by atoms with Crippen molar-refractivity contribution >= 4 is 0 Å². The van der Waals surface area contributed by atoms with Gasteiger partial charge in [-0.3, -0.25) is 4.90 Å². The van der Waals surface area contributed by atoms with Gasteiger partial charge in [-0.1, -0.05) is 19.9 Å². The molecule has 1 aliphatic heterocycles. The van der Waals surface area contributed by atoms with Gasteiger partial charge in [-0.25, -0.2) is 0 Å². The van der Waals surface area contributed by atoms with Gasteiger partial charge in [0, 0.05) is 19.1 Å². The lowest BCUT2D eigenvalue weighted by Gasteiger charge is -2.30. The van der Waals surface area contributed by atoms with Crippen LogP contribution in [0.5, 0.6) is 11.5 Å². The molecule has 0 aromatic heterocycles. The number of ether oxygens (including phenoxy) is 2. The summed E-state index contributed by atoms with van der Waals surface area (Å²) in [6.07, 6.45) is -0.512. The second-order valence-corrected chi connectivity index (χ2v) is 6.36. The van der Waals surface area contributed by atoms with Gasteiger partial charge in [-0.2, -0.15) is 0 Å². The molecule has 0 fully saturated rings. The summed E-state index contributed by atoms with van der Waals surface area (Å²) in [5, 5.41) is 10.5. The van der Waals surface area contributed by atoms with Crippen molar-refractivity contribution in [3.05, 3.63) is 23.8 Å². The van der Waals surface area contributed by atoms with E-state index in [2.05, 4.69) is 32.6 Å². The molecule has 0 bridgehead atoms. The van der Waals surface area contributed by atoms with Gasteiger partial charge in [0.15, 0.2) is 11.5 Å². The summed E-state index contributed by atoms with van der Waals surface area (Å²) in [6.45, 7) is 11.5. The molecule has 0 amide bonds. The molecule has 1 aromatic rings. The Morgan fingerprint density at radius 3 is 2.33 bits per heavy atom. The van der Waals surface area contributed by atoms with Gasteiger partial charge in [0.05, 0.1) is 6.10 Å². The fraction of sp³-hybridized carbons (Fsp3) is 0.647. The first-order chi connectivity index (χ1) is 9.97. The van der Waals surface area contributed by atoms with E-state index in [1.165, 1.54) is 0 Å². The molecular formula is C17H27NO3. The van der Waals surface area contributed by atoms with E-state index in [0.29, 0.717) is 31.7 Å². The van der Waals surface area contributed by atoms with E-state index in [1.54, 1.807) is 0 Å². The Kier molecular flexibility index (Phi) is 5.48. The van der Waals surface area contributed by atoms with Crippen molar-refractivity contribution in [3.63, 3.8) is 0 Å². The molecule has 0 saturated carbocycles. The second kappa shape index (κ2) is 7.14. The Hall–Kier alpha value is -1.26. The molecule has 1 aliphatic rings. The minimum atomic E-state index is -0.512. The Balaban J connectivity index is 2.06. The first-order valence-electron chi connectivity index (χ1n) is 7.79. The zero-order chi connectivity index (χ0) is 15.4. The number of rotatable bonds is 6. The minimum absolute atomic E-state index is 0.416. The molecule has 4 heteroatoms. The smallest absolute Gasteiger partial charge is 0.161 e. The normalized spacial score (nSPS) is 15.8. The zero-order valence-corrected chi connectivity index (χ0v) is 13.5. The molecule has 0 aliphatic carbocycles. The summed E-state index contributed by atoms with van der Waals surface area (Å²) in [5.74, 6) is 2.08. The fourth-order valence-electron chi connectivity index (χ4n) is 2.56. The van der Waals surface area contributed by atoms with Crippen molar-refractivity contribution in [2.45, 2.75) is 39.8 Å². The third-order valence-corrected chi connectivity index (χ3v) is 3.69. The molecule has 4 nitrogen and oxygen atoms in total. The van der Waals surface area contributed by atoms with Crippen LogP contribution in [0.3, 0.4) is 0 Å². The first kappa shape index (κ1) is 16.1. The van der Waals surface area contributed by atoms with Crippen LogP contribution < -0.4 is 9.47 Å². The third-order valence-electron chi connectivity index (χ3n) is 3.69. The number of benzene rings is 1. The maximum absolute atomic E-state index is 10.5. The van der Waals surface area contributed by atoms with E-state index in [9.17, 15) is 5.11 Å². The van der Waals surface area contributed by atoms with Gasteiger partial charge in [0.2, 0.25) is 0 Å². The average Bonchev–Trinajstić information content (AvgIpc) is 2.45. The highest BCUT2D eigenvalue weighted by Crippen LogP contribution is 2.32. The first-order valence-corrected chi connectivity index (χ1v) is 7.79. The Bertz CT molecular complexity index is 459. The van der Waals surface area contributed by atoms with E-state index in [1.807, 2.05) is 18.2 Å². The molecule has 0 saturated heterocycles. The summed E-state index contributed by atoms with van der Waals surface area (Å²) >= 11 is 0. The summed E-state index contributed by atoms with van der Waals surface area (Å²) < 4.78 is 11.1. The van der Waals surface area contributed by atoms with Crippen LogP contribution >= 0.6 is 0 Å². The highest BCUT2D eigenvalue weighted by Gasteiger charge is 2.19. The van der Waals surface area contributed by atoms with Gasteiger partial charge in [-0.15, -0.1) is 0 Å². The van der Waals surface area contributed by atoms with Gasteiger partial charge in [0.1, 0.15) is 13.2 Å². The lowest BCUT2D eigenvalue weighted by molar-refractivity contribution is 0.0871. The van der Waals surface area contributed by atoms with Gasteiger partial charge < -0.3 is 14.6 Å². The van der Waals surface area contributed by atoms with E-state index in [-0.39, 0.29) is 0 Å². The van der Waals surface area contributed by atoms with Crippen molar-refractivity contribution in [1.29, 1.82) is 0 Å². The SMILES string of the molecule is CC(C)CN(CC(O)c1ccc2c(c1)OCCO2)C(C)C. The number of hydrogen-bond donors (Lipinski definition) is 1. The molecule has 1 unspecified atom stereocenters. The lowest BCUT2D eigenvalue weighted by Crippen LogP contribution is -2.37. The van der Waals surface area contributed by atoms with Gasteiger partial charge in [-0.05, 0) is 37.5 Å². The number of aliphatic hydroxyl groups excluding tert-OH is 1. The topological polar surface area (TPSA) is 41.9 Å². The van der Waals surface area contributed by atoms with E-state index in [0.717, 1.165) is 23.6 Å². The Morgan fingerprint density at radius 1 is 1.05 bits per heavy atom. The van der Waals surface area contributed by atoms with Crippen molar-refractivity contribution < 1.29 is 14.6 Å². The molecular weight excluding hydrogens is 266 g/mol. The number of aliphatic hydroxyl groups is 1. The molecule has 1 N–H and O–H groups in total. The van der Waals surface area contributed by atoms with Crippen LogP contribution in [0.15, 0.2) is 18.2 Å². The minimum Gasteiger partial charge on any atom is -0.486 e. The van der Waals surface area contributed by atoms with E-state index < -0.39 is 6.10 Å². The van der Waals surface area contributed by atoms with E-state index >= 15 is 0 Å². The van der Waals surface area contributed by atoms with Crippen LogP contribution in [-0.4, -0.2) is 42.4 Å². The second-order valence-electron chi connectivity index (χ2n) is 6.36. The zero-order valence-electron chi connectivity index (χ0n) is 13.5. The van der Waals surface area contributed by atoms with Crippen LogP contribution in [0, 0.1) is 5.92 Å². The molecule has 118 valence electrons. The monoisotopic (exact) mass is 293 g/mol. The predicted molar refractivity (Wildman–Crippen MR) is 83.9 cm³/mol. The summed E-state index contributed by atoms with van der Waals surface area (Å²) in [4.78, 5) is 2.31. The molecule has 1 aromatic carbocycles. The molecule has 2 rings (SSSR count). The van der Waals surface area contributed by atoms with Crippen LogP contribution in [0.25, 0.3) is 0 Å². The van der Waals surface area contributed by atoms with Crippen LogP contribution in [0.1, 0.15) is 39.4 Å². The number of fused-ring (bicyclic) bond motifs is 1. The standard InChI is InChI=1S/C17H27NO3/c1-12(2)10-18(13(3)4)11-15(19)14-5-6-16-17(9-14)21-8-7-20-16/h5-6,9,12-13,15,19H,7-8,10-11H2,1-4H3. The third kappa shape index (κ3) is 4.35. The lowest BCUT2D eigenvalue weighted by atomic mass is 10.1. The van der Waals surface area contributed by atoms with Crippen molar-refractivity contribution in [3.8, 4) is 11.5 Å². The van der Waals surface area contributed by atoms with Crippen LogP contribution in [0.2, 0.25) is 0 Å². The summed E-state index contributed by atoms with van der Waals surface area (Å²) in [6, 6.07) is 6.12. The number of nitrogens with zero attached hydrogens (tertiary/aromatic N) is 1. The maximum Gasteiger partial charge on any atom is 0.161 e. The predicted octanol–water partition coefficient (Wildman–Crippen LogP) is 2.86. The van der Waals surface area contributed by atoms with Crippen LogP contribution in [0.4, 0.5) is 0 Å². The maximum atomic E-state index is 10.5. The summed E-state index contributed by atoms with van der Waals surface area (Å²) in [7, 11) is 0. The average molecular weight is 293 g/mol. The van der Waals surface area contributed by atoms with Crippen molar-refractivity contribution in [2.24, 2.45) is 5.92 Å². The molecule has 1 atom stereocenters. The Morgan fingerprint density at radius 2 is 1.71 bits per heavy atom. The highest BCUT2D eigenvalue weighted by molar-refractivity contribution is 5.44. The largest absolute Gasteiger partial charge is 0.486 e. The quantitative estimate of drug-likeness (QED) is 0.876. The molecule has 0 spiro atoms. The van der Waals surface area contributed by atoms with Crippen molar-refractivity contribution in [1.82, 2.24) is 4.90 Å². The molecule has 21 heavy (non-hydrogen) atoms. The Labute approximate surface area is 127 Å². The highest BCUT2D eigenvalue weighted by atomic mass is 16.6. The van der Waals surface area contributed by atoms with Crippen LogP contribution in [-0.2, 0) is 0 Å². The molecule has 0 radical (unpaired) electrons.